The topological polar surface area (TPSA) is 112 Å². The minimum Gasteiger partial charge on any atom is -0.356 e. The van der Waals surface area contributed by atoms with E-state index in [1.165, 1.54) is 14.0 Å². The maximum atomic E-state index is 12.6. The summed E-state index contributed by atoms with van der Waals surface area (Å²) in [7, 11) is 0. The predicted molar refractivity (Wildman–Crippen MR) is 115 cm³/mol. The Balaban J connectivity index is 1.43. The highest BCUT2D eigenvalue weighted by Gasteiger charge is 2.16. The molecule has 1 N–H and O–H groups in total. The van der Waals surface area contributed by atoms with Crippen molar-refractivity contribution in [1.29, 1.82) is 5.26 Å². The van der Waals surface area contributed by atoms with Gasteiger partial charge in [0, 0.05) is 44.4 Å². The molecular formula is C22H24N6O3. The van der Waals surface area contributed by atoms with Crippen LogP contribution in [0.3, 0.4) is 0 Å². The molecule has 2 heterocycles. The van der Waals surface area contributed by atoms with E-state index in [0.29, 0.717) is 30.8 Å². The van der Waals surface area contributed by atoms with Crippen LogP contribution < -0.4 is 15.9 Å². The highest BCUT2D eigenvalue weighted by atomic mass is 16.2. The van der Waals surface area contributed by atoms with Crippen molar-refractivity contribution in [3.05, 3.63) is 65.2 Å². The fraction of sp³-hybridized carbons (Fsp3) is 0.318. The zero-order valence-electron chi connectivity index (χ0n) is 17.1. The minimum absolute atomic E-state index is 0.0536. The van der Waals surface area contributed by atoms with Crippen molar-refractivity contribution in [2.75, 3.05) is 18.0 Å². The second-order valence-electron chi connectivity index (χ2n) is 6.93. The molecule has 0 aliphatic heterocycles. The van der Waals surface area contributed by atoms with Crippen LogP contribution in [0, 0.1) is 11.3 Å². The lowest BCUT2D eigenvalue weighted by molar-refractivity contribution is -0.125. The number of amides is 2. The third-order valence-electron chi connectivity index (χ3n) is 4.74. The Morgan fingerprint density at radius 1 is 1.10 bits per heavy atom. The van der Waals surface area contributed by atoms with Gasteiger partial charge in [-0.3, -0.25) is 14.0 Å². The molecule has 9 nitrogen and oxygen atoms in total. The van der Waals surface area contributed by atoms with Crippen molar-refractivity contribution < 1.29 is 9.59 Å². The first-order valence-electron chi connectivity index (χ1n) is 10.1. The number of hydrogen-bond donors (Lipinski definition) is 1. The van der Waals surface area contributed by atoms with Crippen molar-refractivity contribution in [1.82, 2.24) is 19.5 Å². The molecule has 0 spiro atoms. The molecule has 0 saturated carbocycles. The zero-order valence-corrected chi connectivity index (χ0v) is 17.1. The Labute approximate surface area is 179 Å². The molecule has 0 radical (unpaired) electrons. The third-order valence-corrected chi connectivity index (χ3v) is 4.74. The monoisotopic (exact) mass is 420 g/mol. The summed E-state index contributed by atoms with van der Waals surface area (Å²) in [5.41, 5.74) is 1.07. The van der Waals surface area contributed by atoms with Gasteiger partial charge in [-0.1, -0.05) is 24.3 Å². The summed E-state index contributed by atoms with van der Waals surface area (Å²) in [6.45, 7) is 1.05. The maximum absolute atomic E-state index is 12.6. The van der Waals surface area contributed by atoms with Crippen LogP contribution in [-0.2, 0) is 16.1 Å². The number of hydrogen-bond acceptors (Lipinski definition) is 5. The number of para-hydroxylation sites is 1. The maximum Gasteiger partial charge on any atom is 0.350 e. The van der Waals surface area contributed by atoms with E-state index in [4.69, 9.17) is 5.26 Å². The van der Waals surface area contributed by atoms with Crippen LogP contribution in [0.25, 0.3) is 5.65 Å². The molecule has 0 unspecified atom stereocenters. The molecule has 160 valence electrons. The number of nitriles is 1. The highest BCUT2D eigenvalue weighted by Crippen LogP contribution is 2.15. The first-order chi connectivity index (χ1) is 15.1. The van der Waals surface area contributed by atoms with Gasteiger partial charge in [0.05, 0.1) is 12.5 Å². The van der Waals surface area contributed by atoms with Crippen molar-refractivity contribution in [2.24, 2.45) is 0 Å². The van der Waals surface area contributed by atoms with Gasteiger partial charge in [0.1, 0.15) is 0 Å². The average Bonchev–Trinajstić information content (AvgIpc) is 3.12. The fourth-order valence-corrected chi connectivity index (χ4v) is 3.18. The number of aryl methyl sites for hydroxylation is 1. The van der Waals surface area contributed by atoms with Gasteiger partial charge in [0.25, 0.3) is 0 Å². The third kappa shape index (κ3) is 5.79. The number of rotatable bonds is 10. The van der Waals surface area contributed by atoms with E-state index in [0.717, 1.165) is 0 Å². The van der Waals surface area contributed by atoms with Crippen molar-refractivity contribution in [3.63, 3.8) is 0 Å². The fourth-order valence-electron chi connectivity index (χ4n) is 3.18. The Hall–Kier alpha value is -3.93. The average molecular weight is 420 g/mol. The van der Waals surface area contributed by atoms with Crippen molar-refractivity contribution in [3.8, 4) is 6.07 Å². The summed E-state index contributed by atoms with van der Waals surface area (Å²) in [5, 5.41) is 15.9. The van der Waals surface area contributed by atoms with Gasteiger partial charge in [-0.15, -0.1) is 5.10 Å². The van der Waals surface area contributed by atoms with Gasteiger partial charge in [-0.05, 0) is 30.7 Å². The lowest BCUT2D eigenvalue weighted by Gasteiger charge is -2.21. The van der Waals surface area contributed by atoms with E-state index in [1.807, 2.05) is 30.3 Å². The van der Waals surface area contributed by atoms with Gasteiger partial charge < -0.3 is 10.2 Å². The molecule has 0 aliphatic rings. The summed E-state index contributed by atoms with van der Waals surface area (Å²) in [4.78, 5) is 38.4. The number of fused-ring (bicyclic) bond motifs is 1. The SMILES string of the molecule is N#CCCN(C(=O)CCC(=O)NCCCn1nc2ccccn2c1=O)c1ccccc1. The molecule has 0 aliphatic carbocycles. The second kappa shape index (κ2) is 10.7. The number of benzene rings is 1. The molecule has 3 aromatic rings. The summed E-state index contributed by atoms with van der Waals surface area (Å²) in [5.74, 6) is -0.433. The molecule has 0 fully saturated rings. The number of nitrogens with zero attached hydrogens (tertiary/aromatic N) is 5. The minimum atomic E-state index is -0.232. The first-order valence-corrected chi connectivity index (χ1v) is 10.1. The van der Waals surface area contributed by atoms with Crippen LogP contribution in [0.15, 0.2) is 59.5 Å². The Morgan fingerprint density at radius 2 is 1.87 bits per heavy atom. The van der Waals surface area contributed by atoms with Crippen LogP contribution in [0.5, 0.6) is 0 Å². The van der Waals surface area contributed by atoms with Gasteiger partial charge in [-0.2, -0.15) is 5.26 Å². The van der Waals surface area contributed by atoms with Gasteiger partial charge in [0.15, 0.2) is 5.65 Å². The number of anilines is 1. The number of pyridine rings is 1. The second-order valence-corrected chi connectivity index (χ2v) is 6.93. The van der Waals surface area contributed by atoms with Gasteiger partial charge in [0.2, 0.25) is 11.8 Å². The molecule has 0 bridgehead atoms. The Morgan fingerprint density at radius 3 is 2.61 bits per heavy atom. The van der Waals surface area contributed by atoms with E-state index in [-0.39, 0.29) is 43.3 Å². The quantitative estimate of drug-likeness (QED) is 0.502. The number of carbonyl (C=O) groups is 2. The predicted octanol–water partition coefficient (Wildman–Crippen LogP) is 1.73. The lowest BCUT2D eigenvalue weighted by atomic mass is 10.2. The van der Waals surface area contributed by atoms with Crippen LogP contribution in [0.2, 0.25) is 0 Å². The number of carbonyl (C=O) groups excluding carboxylic acids is 2. The molecule has 1 aromatic carbocycles. The van der Waals surface area contributed by atoms with Crippen LogP contribution >= 0.6 is 0 Å². The largest absolute Gasteiger partial charge is 0.356 e. The molecular weight excluding hydrogens is 396 g/mol. The van der Waals surface area contributed by atoms with E-state index in [9.17, 15) is 14.4 Å². The standard InChI is InChI=1S/C22H24N6O3/c23-13-6-16-26(18-8-2-1-3-9-18)21(30)12-11-20(29)24-14-7-17-28-22(31)27-15-5-4-10-19(27)25-28/h1-5,8-10,15H,6-7,11-12,14,16-17H2,(H,24,29). The smallest absolute Gasteiger partial charge is 0.350 e. The molecule has 3 rings (SSSR count). The van der Waals surface area contributed by atoms with E-state index >= 15 is 0 Å². The molecule has 9 heteroatoms. The van der Waals surface area contributed by atoms with Crippen LogP contribution in [0.4, 0.5) is 5.69 Å². The lowest BCUT2D eigenvalue weighted by Crippen LogP contribution is -2.33. The van der Waals surface area contributed by atoms with E-state index < -0.39 is 0 Å². The first kappa shape index (κ1) is 21.8. The van der Waals surface area contributed by atoms with E-state index in [2.05, 4.69) is 10.4 Å². The van der Waals surface area contributed by atoms with Crippen molar-refractivity contribution in [2.45, 2.75) is 32.2 Å². The highest BCUT2D eigenvalue weighted by molar-refractivity contribution is 5.95. The summed E-state index contributed by atoms with van der Waals surface area (Å²) in [6.07, 6.45) is 2.54. The summed E-state index contributed by atoms with van der Waals surface area (Å²) < 4.78 is 2.84. The summed E-state index contributed by atoms with van der Waals surface area (Å²) in [6, 6.07) is 16.5. The zero-order chi connectivity index (χ0) is 22.1. The molecule has 0 atom stereocenters. The molecule has 31 heavy (non-hydrogen) atoms. The van der Waals surface area contributed by atoms with Crippen LogP contribution in [0.1, 0.15) is 25.7 Å². The molecule has 2 aromatic heterocycles. The van der Waals surface area contributed by atoms with Gasteiger partial charge >= 0.3 is 5.69 Å². The Kier molecular flexibility index (Phi) is 7.54. The van der Waals surface area contributed by atoms with Crippen molar-refractivity contribution >= 4 is 23.1 Å². The summed E-state index contributed by atoms with van der Waals surface area (Å²) >= 11 is 0. The van der Waals surface area contributed by atoms with Crippen LogP contribution in [-0.4, -0.2) is 39.1 Å². The molecule has 0 saturated heterocycles. The number of nitrogens with one attached hydrogen (secondary N) is 1. The Bertz CT molecular complexity index is 1130. The van der Waals surface area contributed by atoms with Gasteiger partial charge in [-0.25, -0.2) is 9.48 Å². The normalized spacial score (nSPS) is 10.5. The van der Waals surface area contributed by atoms with E-state index in [1.54, 1.807) is 30.5 Å². The molecule has 2 amide bonds. The number of aromatic nitrogens is 3.